The molecule has 0 spiro atoms. The minimum atomic E-state index is -5.00. The second-order valence-electron chi connectivity index (χ2n) is 7.42. The van der Waals surface area contributed by atoms with Crippen molar-refractivity contribution in [2.24, 2.45) is 23.2 Å². The molecule has 0 heterocycles. The summed E-state index contributed by atoms with van der Waals surface area (Å²) < 4.78 is 41.9. The third-order valence-electron chi connectivity index (χ3n) is 5.45. The van der Waals surface area contributed by atoms with Gasteiger partial charge in [-0.05, 0) is 55.4 Å². The number of esters is 1. The molecule has 0 amide bonds. The van der Waals surface area contributed by atoms with Crippen molar-refractivity contribution in [3.8, 4) is 0 Å². The normalized spacial score (nSPS) is 36.2. The van der Waals surface area contributed by atoms with Crippen molar-refractivity contribution >= 4 is 12.3 Å². The van der Waals surface area contributed by atoms with Gasteiger partial charge in [-0.2, -0.15) is 13.2 Å². The van der Waals surface area contributed by atoms with Gasteiger partial charge in [0.05, 0.1) is 0 Å². The monoisotopic (exact) mass is 332 g/mol. The van der Waals surface area contributed by atoms with Crippen LogP contribution in [-0.2, 0) is 14.3 Å². The first-order valence-electron chi connectivity index (χ1n) is 7.96. The molecule has 3 nitrogen and oxygen atoms in total. The van der Waals surface area contributed by atoms with Crippen LogP contribution < -0.4 is 0 Å². The van der Waals surface area contributed by atoms with Gasteiger partial charge < -0.3 is 9.53 Å². The SMILES string of the molecule is C/C1=C/C[C@@H]2[C@H](CC2(C)C)C(C=O)CC[C@H]1OC(=O)C(F)(F)F. The van der Waals surface area contributed by atoms with E-state index in [1.165, 1.54) is 0 Å². The van der Waals surface area contributed by atoms with Gasteiger partial charge in [0.2, 0.25) is 0 Å². The van der Waals surface area contributed by atoms with Gasteiger partial charge in [0.25, 0.3) is 0 Å². The molecule has 23 heavy (non-hydrogen) atoms. The highest BCUT2D eigenvalue weighted by Gasteiger charge is 2.50. The summed E-state index contributed by atoms with van der Waals surface area (Å²) in [5.74, 6) is -1.74. The second-order valence-corrected chi connectivity index (χ2v) is 7.42. The Hall–Kier alpha value is -1.33. The van der Waals surface area contributed by atoms with Crippen LogP contribution in [0.5, 0.6) is 0 Å². The molecule has 2 rings (SSSR count). The Balaban J connectivity index is 2.17. The van der Waals surface area contributed by atoms with Gasteiger partial charge in [0, 0.05) is 5.92 Å². The zero-order chi connectivity index (χ0) is 17.4. The number of ether oxygens (including phenoxy) is 1. The van der Waals surface area contributed by atoms with E-state index in [4.69, 9.17) is 0 Å². The standard InChI is InChI=1S/C17H23F3O3/c1-10-4-6-13-12(8-16(13,2)3)11(9-21)5-7-14(10)23-15(22)17(18,19)20/h4,9,11-14H,5-8H2,1-3H3/b10-4-/t11?,12-,13-,14-/m1/s1. The Bertz CT molecular complexity index is 508. The molecule has 2 aliphatic rings. The average molecular weight is 332 g/mol. The highest BCUT2D eigenvalue weighted by Crippen LogP contribution is 2.56. The van der Waals surface area contributed by atoms with E-state index in [9.17, 15) is 22.8 Å². The second kappa shape index (κ2) is 6.29. The Morgan fingerprint density at radius 2 is 2.00 bits per heavy atom. The molecule has 2 aliphatic carbocycles. The summed E-state index contributed by atoms with van der Waals surface area (Å²) in [5, 5.41) is 0. The maximum atomic E-state index is 12.4. The first kappa shape index (κ1) is 18.0. The summed E-state index contributed by atoms with van der Waals surface area (Å²) in [6.07, 6.45) is -0.777. The molecule has 0 aliphatic heterocycles. The van der Waals surface area contributed by atoms with Crippen molar-refractivity contribution in [2.45, 2.75) is 58.7 Å². The molecule has 0 aromatic heterocycles. The molecule has 6 heteroatoms. The van der Waals surface area contributed by atoms with Crippen LogP contribution in [0.4, 0.5) is 13.2 Å². The number of rotatable bonds is 2. The van der Waals surface area contributed by atoms with E-state index in [0.29, 0.717) is 24.3 Å². The van der Waals surface area contributed by atoms with Crippen LogP contribution in [0.25, 0.3) is 0 Å². The van der Waals surface area contributed by atoms with Gasteiger partial charge in [-0.15, -0.1) is 0 Å². The fraction of sp³-hybridized carbons (Fsp3) is 0.765. The number of hydrogen-bond donors (Lipinski definition) is 0. The summed E-state index contributed by atoms with van der Waals surface area (Å²) in [5.41, 5.74) is 0.765. The molecule has 0 aromatic rings. The van der Waals surface area contributed by atoms with Crippen LogP contribution in [0, 0.1) is 23.2 Å². The zero-order valence-corrected chi connectivity index (χ0v) is 13.7. The molecular weight excluding hydrogens is 309 g/mol. The molecule has 0 N–H and O–H groups in total. The van der Waals surface area contributed by atoms with Crippen molar-refractivity contribution < 1.29 is 27.5 Å². The van der Waals surface area contributed by atoms with Gasteiger partial charge in [0.1, 0.15) is 12.4 Å². The highest BCUT2D eigenvalue weighted by molar-refractivity contribution is 5.76. The lowest BCUT2D eigenvalue weighted by atomic mass is 9.51. The smallest absolute Gasteiger partial charge is 0.451 e. The van der Waals surface area contributed by atoms with E-state index >= 15 is 0 Å². The predicted molar refractivity (Wildman–Crippen MR) is 78.5 cm³/mol. The van der Waals surface area contributed by atoms with Crippen molar-refractivity contribution in [3.63, 3.8) is 0 Å². The fourth-order valence-corrected chi connectivity index (χ4v) is 4.01. The van der Waals surface area contributed by atoms with Crippen LogP contribution in [0.3, 0.4) is 0 Å². The van der Waals surface area contributed by atoms with E-state index in [1.54, 1.807) is 6.92 Å². The van der Waals surface area contributed by atoms with Crippen LogP contribution in [0.2, 0.25) is 0 Å². The Labute approximate surface area is 134 Å². The molecule has 4 atom stereocenters. The van der Waals surface area contributed by atoms with E-state index in [-0.39, 0.29) is 23.7 Å². The molecule has 130 valence electrons. The molecule has 0 bridgehead atoms. The van der Waals surface area contributed by atoms with Crippen LogP contribution >= 0.6 is 0 Å². The molecule has 0 saturated heterocycles. The summed E-state index contributed by atoms with van der Waals surface area (Å²) in [6.45, 7) is 5.99. The molecule has 1 unspecified atom stereocenters. The number of fused-ring (bicyclic) bond motifs is 1. The Kier molecular flexibility index (Phi) is 4.92. The maximum absolute atomic E-state index is 12.4. The first-order chi connectivity index (χ1) is 10.6. The summed E-state index contributed by atoms with van der Waals surface area (Å²) in [4.78, 5) is 22.5. The lowest BCUT2D eigenvalue weighted by Crippen LogP contribution is -2.47. The van der Waals surface area contributed by atoms with Gasteiger partial charge in [0.15, 0.2) is 0 Å². The minimum Gasteiger partial charge on any atom is -0.451 e. The number of aldehydes is 1. The topological polar surface area (TPSA) is 43.4 Å². The summed E-state index contributed by atoms with van der Waals surface area (Å²) in [7, 11) is 0. The lowest BCUT2D eigenvalue weighted by molar-refractivity contribution is -0.203. The quantitative estimate of drug-likeness (QED) is 0.435. The van der Waals surface area contributed by atoms with Crippen LogP contribution in [0.15, 0.2) is 11.6 Å². The Morgan fingerprint density at radius 3 is 2.52 bits per heavy atom. The van der Waals surface area contributed by atoms with E-state index in [1.807, 2.05) is 6.08 Å². The average Bonchev–Trinajstić information content (AvgIpc) is 2.47. The van der Waals surface area contributed by atoms with Crippen molar-refractivity contribution in [3.05, 3.63) is 11.6 Å². The van der Waals surface area contributed by atoms with Gasteiger partial charge >= 0.3 is 12.1 Å². The summed E-state index contributed by atoms with van der Waals surface area (Å²) in [6, 6.07) is 0. The zero-order valence-electron chi connectivity index (χ0n) is 13.7. The number of hydrogen-bond acceptors (Lipinski definition) is 3. The molecule has 0 aromatic carbocycles. The fourth-order valence-electron chi connectivity index (χ4n) is 4.01. The molecule has 0 radical (unpaired) electrons. The third kappa shape index (κ3) is 3.78. The van der Waals surface area contributed by atoms with E-state index < -0.39 is 18.2 Å². The van der Waals surface area contributed by atoms with Gasteiger partial charge in [-0.1, -0.05) is 19.9 Å². The van der Waals surface area contributed by atoms with Crippen molar-refractivity contribution in [1.29, 1.82) is 0 Å². The molecule has 1 fully saturated rings. The number of halogens is 3. The van der Waals surface area contributed by atoms with Crippen molar-refractivity contribution in [2.75, 3.05) is 0 Å². The van der Waals surface area contributed by atoms with E-state index in [0.717, 1.165) is 12.7 Å². The minimum absolute atomic E-state index is 0.130. The van der Waals surface area contributed by atoms with Crippen LogP contribution in [-0.4, -0.2) is 24.5 Å². The third-order valence-corrected chi connectivity index (χ3v) is 5.45. The number of allylic oxidation sites excluding steroid dienone is 1. The van der Waals surface area contributed by atoms with Crippen molar-refractivity contribution in [1.82, 2.24) is 0 Å². The lowest BCUT2D eigenvalue weighted by Gasteiger charge is -2.53. The first-order valence-corrected chi connectivity index (χ1v) is 7.96. The van der Waals surface area contributed by atoms with Crippen LogP contribution in [0.1, 0.15) is 46.5 Å². The predicted octanol–water partition coefficient (Wildman–Crippen LogP) is 4.07. The largest absolute Gasteiger partial charge is 0.490 e. The highest BCUT2D eigenvalue weighted by atomic mass is 19.4. The molecular formula is C17H23F3O3. The number of alkyl halides is 3. The number of carbonyl (C=O) groups excluding carboxylic acids is 2. The maximum Gasteiger partial charge on any atom is 0.490 e. The summed E-state index contributed by atoms with van der Waals surface area (Å²) >= 11 is 0. The van der Waals surface area contributed by atoms with Gasteiger partial charge in [-0.3, -0.25) is 0 Å². The Morgan fingerprint density at radius 1 is 1.35 bits per heavy atom. The molecule has 1 saturated carbocycles. The number of carbonyl (C=O) groups is 2. The van der Waals surface area contributed by atoms with Gasteiger partial charge in [-0.25, -0.2) is 4.79 Å². The van der Waals surface area contributed by atoms with E-state index in [2.05, 4.69) is 18.6 Å².